The maximum atomic E-state index is 12.1. The van der Waals surface area contributed by atoms with E-state index in [0.29, 0.717) is 18.4 Å². The van der Waals surface area contributed by atoms with Crippen LogP contribution in [0, 0.1) is 11.3 Å². The summed E-state index contributed by atoms with van der Waals surface area (Å²) in [6.07, 6.45) is 1.03. The van der Waals surface area contributed by atoms with Crippen LogP contribution in [0.2, 0.25) is 0 Å². The van der Waals surface area contributed by atoms with Gasteiger partial charge in [-0.15, -0.1) is 0 Å². The molecule has 0 saturated heterocycles. The molecule has 108 valence electrons. The SMILES string of the molecule is N#CCCCCS(=O)(=O)C(Cc1ccccc1)C(=O)O. The Bertz CT molecular complexity index is 575. The van der Waals surface area contributed by atoms with Crippen molar-refractivity contribution in [2.45, 2.75) is 30.9 Å². The van der Waals surface area contributed by atoms with E-state index in [2.05, 4.69) is 0 Å². The van der Waals surface area contributed by atoms with Crippen molar-refractivity contribution in [2.75, 3.05) is 5.75 Å². The van der Waals surface area contributed by atoms with E-state index in [1.807, 2.05) is 6.07 Å². The normalized spacial score (nSPS) is 12.6. The molecule has 0 aliphatic carbocycles. The van der Waals surface area contributed by atoms with Gasteiger partial charge in [-0.2, -0.15) is 5.26 Å². The van der Waals surface area contributed by atoms with Crippen LogP contribution in [0.15, 0.2) is 30.3 Å². The number of carbonyl (C=O) groups is 1. The first-order valence-corrected chi connectivity index (χ1v) is 8.04. The summed E-state index contributed by atoms with van der Waals surface area (Å²) in [6.45, 7) is 0. The van der Waals surface area contributed by atoms with Gasteiger partial charge in [-0.1, -0.05) is 30.3 Å². The van der Waals surface area contributed by atoms with E-state index in [4.69, 9.17) is 10.4 Å². The third-order valence-corrected chi connectivity index (χ3v) is 5.03. The number of sulfone groups is 1. The summed E-state index contributed by atoms with van der Waals surface area (Å²) >= 11 is 0. The van der Waals surface area contributed by atoms with Crippen molar-refractivity contribution in [1.82, 2.24) is 0 Å². The van der Waals surface area contributed by atoms with Crippen molar-refractivity contribution in [3.8, 4) is 6.07 Å². The topological polar surface area (TPSA) is 95.2 Å². The van der Waals surface area contributed by atoms with E-state index in [0.717, 1.165) is 0 Å². The standard InChI is InChI=1S/C14H17NO4S/c15-9-5-2-6-10-20(18,19)13(14(16)17)11-12-7-3-1-4-8-12/h1,3-4,7-8,13H,2,5-6,10-11H2,(H,16,17). The number of nitriles is 1. The van der Waals surface area contributed by atoms with Gasteiger partial charge >= 0.3 is 5.97 Å². The van der Waals surface area contributed by atoms with Gasteiger partial charge in [0.25, 0.3) is 0 Å². The molecule has 0 fully saturated rings. The Hall–Kier alpha value is -1.87. The lowest BCUT2D eigenvalue weighted by atomic mass is 10.1. The summed E-state index contributed by atoms with van der Waals surface area (Å²) in [6, 6.07) is 10.6. The zero-order valence-corrected chi connectivity index (χ0v) is 11.8. The first-order valence-electron chi connectivity index (χ1n) is 6.32. The van der Waals surface area contributed by atoms with Crippen molar-refractivity contribution in [3.63, 3.8) is 0 Å². The van der Waals surface area contributed by atoms with Crippen molar-refractivity contribution >= 4 is 15.8 Å². The van der Waals surface area contributed by atoms with Gasteiger partial charge in [0.1, 0.15) is 0 Å². The maximum absolute atomic E-state index is 12.1. The van der Waals surface area contributed by atoms with Gasteiger partial charge in [-0.05, 0) is 24.8 Å². The van der Waals surface area contributed by atoms with Crippen molar-refractivity contribution in [3.05, 3.63) is 35.9 Å². The first-order chi connectivity index (χ1) is 9.47. The Morgan fingerprint density at radius 2 is 1.90 bits per heavy atom. The zero-order valence-electron chi connectivity index (χ0n) is 11.0. The van der Waals surface area contributed by atoms with E-state index in [1.165, 1.54) is 0 Å². The maximum Gasteiger partial charge on any atom is 0.322 e. The minimum atomic E-state index is -3.71. The van der Waals surface area contributed by atoms with Crippen LogP contribution >= 0.6 is 0 Å². The van der Waals surface area contributed by atoms with Gasteiger partial charge in [-0.3, -0.25) is 4.79 Å². The summed E-state index contributed by atoms with van der Waals surface area (Å²) in [5.74, 6) is -1.52. The van der Waals surface area contributed by atoms with Crippen LogP contribution in [0.5, 0.6) is 0 Å². The third kappa shape index (κ3) is 5.02. The summed E-state index contributed by atoms with van der Waals surface area (Å²) < 4.78 is 24.2. The molecule has 0 saturated carbocycles. The molecule has 0 aromatic heterocycles. The molecular formula is C14H17NO4S. The highest BCUT2D eigenvalue weighted by atomic mass is 32.2. The minimum Gasteiger partial charge on any atom is -0.480 e. The molecule has 0 aliphatic rings. The lowest BCUT2D eigenvalue weighted by Gasteiger charge is -2.13. The highest BCUT2D eigenvalue weighted by Crippen LogP contribution is 2.13. The monoisotopic (exact) mass is 295 g/mol. The zero-order chi connectivity index (χ0) is 15.0. The molecule has 0 spiro atoms. The number of hydrogen-bond donors (Lipinski definition) is 1. The van der Waals surface area contributed by atoms with Crippen LogP contribution in [0.3, 0.4) is 0 Å². The average molecular weight is 295 g/mol. The number of benzene rings is 1. The minimum absolute atomic E-state index is 0.0310. The fourth-order valence-electron chi connectivity index (χ4n) is 1.85. The van der Waals surface area contributed by atoms with E-state index in [1.54, 1.807) is 30.3 Å². The number of rotatable bonds is 8. The fraction of sp³-hybridized carbons (Fsp3) is 0.429. The molecule has 0 heterocycles. The van der Waals surface area contributed by atoms with Crippen LogP contribution in [-0.2, 0) is 21.1 Å². The second-order valence-corrected chi connectivity index (χ2v) is 6.80. The lowest BCUT2D eigenvalue weighted by Crippen LogP contribution is -2.34. The number of aliphatic carboxylic acids is 1. The third-order valence-electron chi connectivity index (χ3n) is 2.94. The molecular weight excluding hydrogens is 278 g/mol. The van der Waals surface area contributed by atoms with Crippen molar-refractivity contribution < 1.29 is 18.3 Å². The van der Waals surface area contributed by atoms with E-state index < -0.39 is 21.1 Å². The molecule has 5 nitrogen and oxygen atoms in total. The molecule has 0 bridgehead atoms. The van der Waals surface area contributed by atoms with Gasteiger partial charge in [0, 0.05) is 6.42 Å². The quantitative estimate of drug-likeness (QED) is 0.738. The second kappa shape index (κ2) is 7.65. The van der Waals surface area contributed by atoms with Crippen LogP contribution in [-0.4, -0.2) is 30.5 Å². The summed E-state index contributed by atoms with van der Waals surface area (Å²) in [7, 11) is -3.71. The van der Waals surface area contributed by atoms with E-state index >= 15 is 0 Å². The number of nitrogens with zero attached hydrogens (tertiary/aromatic N) is 1. The second-order valence-electron chi connectivity index (χ2n) is 4.50. The van der Waals surface area contributed by atoms with Gasteiger partial charge in [0.15, 0.2) is 15.1 Å². The molecule has 1 N–H and O–H groups in total. The fourth-order valence-corrected chi connectivity index (χ4v) is 3.49. The molecule has 6 heteroatoms. The van der Waals surface area contributed by atoms with Crippen molar-refractivity contribution in [2.24, 2.45) is 0 Å². The van der Waals surface area contributed by atoms with Gasteiger partial charge in [0.05, 0.1) is 11.8 Å². The molecule has 20 heavy (non-hydrogen) atoms. The number of unbranched alkanes of at least 4 members (excludes halogenated alkanes) is 2. The molecule has 1 atom stereocenters. The van der Waals surface area contributed by atoms with E-state index in [9.17, 15) is 13.2 Å². The number of carboxylic acid groups (broad SMARTS) is 1. The molecule has 1 aromatic rings. The molecule has 1 unspecified atom stereocenters. The summed E-state index contributed by atoms with van der Waals surface area (Å²) in [5, 5.41) is 16.1. The Kier molecular flexibility index (Phi) is 6.19. The molecule has 0 radical (unpaired) electrons. The van der Waals surface area contributed by atoms with Crippen LogP contribution < -0.4 is 0 Å². The molecule has 0 aliphatic heterocycles. The predicted octanol–water partition coefficient (Wildman–Crippen LogP) is 1.79. The van der Waals surface area contributed by atoms with Gasteiger partial charge in [-0.25, -0.2) is 8.42 Å². The van der Waals surface area contributed by atoms with Crippen LogP contribution in [0.4, 0.5) is 0 Å². The van der Waals surface area contributed by atoms with Crippen LogP contribution in [0.25, 0.3) is 0 Å². The average Bonchev–Trinajstić information content (AvgIpc) is 2.42. The van der Waals surface area contributed by atoms with Crippen molar-refractivity contribution in [1.29, 1.82) is 5.26 Å². The Morgan fingerprint density at radius 1 is 1.25 bits per heavy atom. The van der Waals surface area contributed by atoms with Gasteiger partial charge in [0.2, 0.25) is 0 Å². The highest BCUT2D eigenvalue weighted by Gasteiger charge is 2.31. The van der Waals surface area contributed by atoms with Gasteiger partial charge < -0.3 is 5.11 Å². The smallest absolute Gasteiger partial charge is 0.322 e. The molecule has 1 rings (SSSR count). The molecule has 0 amide bonds. The Labute approximate surface area is 118 Å². The Morgan fingerprint density at radius 3 is 2.45 bits per heavy atom. The molecule has 1 aromatic carbocycles. The largest absolute Gasteiger partial charge is 0.480 e. The van der Waals surface area contributed by atoms with E-state index in [-0.39, 0.29) is 18.6 Å². The number of carboxylic acids is 1. The highest BCUT2D eigenvalue weighted by molar-refractivity contribution is 7.92. The summed E-state index contributed by atoms with van der Waals surface area (Å²) in [5.41, 5.74) is 0.681. The summed E-state index contributed by atoms with van der Waals surface area (Å²) in [4.78, 5) is 11.2. The van der Waals surface area contributed by atoms with Crippen LogP contribution in [0.1, 0.15) is 24.8 Å². The number of hydrogen-bond acceptors (Lipinski definition) is 4. The first kappa shape index (κ1) is 16.2. The Balaban J connectivity index is 2.75. The predicted molar refractivity (Wildman–Crippen MR) is 74.8 cm³/mol. The lowest BCUT2D eigenvalue weighted by molar-refractivity contribution is -0.136.